The fraction of sp³-hybridized carbons (Fsp3) is 0.800. The van der Waals surface area contributed by atoms with Crippen LogP contribution >= 0.6 is 0 Å². The van der Waals surface area contributed by atoms with E-state index in [2.05, 4.69) is 0 Å². The van der Waals surface area contributed by atoms with E-state index in [-0.39, 0.29) is 23.8 Å². The predicted octanol–water partition coefficient (Wildman–Crippen LogP) is 1.37. The minimum absolute atomic E-state index is 0.233. The van der Waals surface area contributed by atoms with Gasteiger partial charge in [-0.2, -0.15) is 0 Å². The number of carbonyl (C=O) groups is 2. The summed E-state index contributed by atoms with van der Waals surface area (Å²) in [4.78, 5) is 23.0. The van der Waals surface area contributed by atoms with Crippen LogP contribution in [0.25, 0.3) is 0 Å². The van der Waals surface area contributed by atoms with Crippen LogP contribution in [0.3, 0.4) is 0 Å². The lowest BCUT2D eigenvalue weighted by molar-refractivity contribution is -0.176. The van der Waals surface area contributed by atoms with Crippen molar-refractivity contribution in [3.05, 3.63) is 0 Å². The third-order valence-corrected chi connectivity index (χ3v) is 4.68. The third-order valence-electron chi connectivity index (χ3n) is 4.68. The first-order valence-electron chi connectivity index (χ1n) is 4.63. The standard InChI is InChI=1S/C10H14O3/c1-5-6(2)10(4)8(12)13-7(11)9(5,10)3/h5-6H,1-4H3. The Balaban J connectivity index is 2.53. The lowest BCUT2D eigenvalue weighted by Gasteiger charge is -2.56. The Kier molecular flexibility index (Phi) is 1.32. The molecule has 1 aliphatic carbocycles. The minimum atomic E-state index is -0.580. The summed E-state index contributed by atoms with van der Waals surface area (Å²) in [6, 6.07) is 0. The van der Waals surface area contributed by atoms with E-state index in [1.807, 2.05) is 27.7 Å². The average molecular weight is 182 g/mol. The van der Waals surface area contributed by atoms with Gasteiger partial charge in [-0.3, -0.25) is 9.59 Å². The van der Waals surface area contributed by atoms with Crippen molar-refractivity contribution < 1.29 is 14.3 Å². The Labute approximate surface area is 77.4 Å². The van der Waals surface area contributed by atoms with Crippen molar-refractivity contribution in [3.8, 4) is 0 Å². The van der Waals surface area contributed by atoms with Gasteiger partial charge in [0, 0.05) is 0 Å². The number of carbonyl (C=O) groups excluding carboxylic acids is 2. The van der Waals surface area contributed by atoms with E-state index in [1.54, 1.807) is 0 Å². The summed E-state index contributed by atoms with van der Waals surface area (Å²) in [5, 5.41) is 0. The van der Waals surface area contributed by atoms with Gasteiger partial charge in [0.05, 0.1) is 10.8 Å². The van der Waals surface area contributed by atoms with Crippen LogP contribution in [0.4, 0.5) is 0 Å². The van der Waals surface area contributed by atoms with Crippen molar-refractivity contribution in [2.75, 3.05) is 0 Å². The SMILES string of the molecule is CC1C(C)C2(C)C(=O)OC(=O)C12C. The normalized spacial score (nSPS) is 54.2. The fourth-order valence-electron chi connectivity index (χ4n) is 2.94. The second-order valence-corrected chi connectivity index (χ2v) is 4.66. The molecule has 4 unspecified atom stereocenters. The molecule has 0 aromatic heterocycles. The highest BCUT2D eigenvalue weighted by Crippen LogP contribution is 2.68. The molecule has 1 aliphatic heterocycles. The zero-order chi connectivity index (χ0) is 10.0. The van der Waals surface area contributed by atoms with Gasteiger partial charge in [-0.1, -0.05) is 13.8 Å². The van der Waals surface area contributed by atoms with Gasteiger partial charge < -0.3 is 4.74 Å². The van der Waals surface area contributed by atoms with Gasteiger partial charge in [0.1, 0.15) is 0 Å². The number of fused-ring (bicyclic) bond motifs is 1. The number of ether oxygens (including phenoxy) is 1. The number of cyclic esters (lactones) is 2. The summed E-state index contributed by atoms with van der Waals surface area (Å²) in [5.74, 6) is -0.218. The number of rotatable bonds is 0. The van der Waals surface area contributed by atoms with Gasteiger partial charge in [0.15, 0.2) is 0 Å². The van der Waals surface area contributed by atoms with Crippen LogP contribution in [-0.4, -0.2) is 11.9 Å². The highest BCUT2D eigenvalue weighted by Gasteiger charge is 2.76. The lowest BCUT2D eigenvalue weighted by atomic mass is 9.41. The molecule has 2 fully saturated rings. The van der Waals surface area contributed by atoms with Gasteiger partial charge in [-0.15, -0.1) is 0 Å². The molecule has 4 atom stereocenters. The van der Waals surface area contributed by atoms with Crippen molar-refractivity contribution >= 4 is 11.9 Å². The Morgan fingerprint density at radius 3 is 1.62 bits per heavy atom. The highest BCUT2D eigenvalue weighted by atomic mass is 16.6. The molecular formula is C10H14O3. The maximum Gasteiger partial charge on any atom is 0.320 e. The molecule has 0 spiro atoms. The van der Waals surface area contributed by atoms with E-state index in [1.165, 1.54) is 0 Å². The average Bonchev–Trinajstić information content (AvgIpc) is 2.26. The molecule has 2 aliphatic rings. The molecule has 0 radical (unpaired) electrons. The van der Waals surface area contributed by atoms with Gasteiger partial charge in [0.2, 0.25) is 0 Å². The molecule has 1 heterocycles. The lowest BCUT2D eigenvalue weighted by Crippen LogP contribution is -2.62. The van der Waals surface area contributed by atoms with Gasteiger partial charge in [-0.25, -0.2) is 0 Å². The first kappa shape index (κ1) is 8.73. The summed E-state index contributed by atoms with van der Waals surface area (Å²) in [5.41, 5.74) is -1.16. The molecule has 3 heteroatoms. The summed E-state index contributed by atoms with van der Waals surface area (Å²) in [6.45, 7) is 7.69. The van der Waals surface area contributed by atoms with Crippen LogP contribution in [0, 0.1) is 22.7 Å². The molecule has 0 amide bonds. The Hall–Kier alpha value is -0.860. The second kappa shape index (κ2) is 1.97. The van der Waals surface area contributed by atoms with E-state index in [0.29, 0.717) is 0 Å². The van der Waals surface area contributed by atoms with Crippen molar-refractivity contribution in [1.29, 1.82) is 0 Å². The molecule has 13 heavy (non-hydrogen) atoms. The molecule has 3 nitrogen and oxygen atoms in total. The van der Waals surface area contributed by atoms with E-state index < -0.39 is 10.8 Å². The van der Waals surface area contributed by atoms with E-state index in [4.69, 9.17) is 4.74 Å². The molecule has 0 bridgehead atoms. The topological polar surface area (TPSA) is 43.4 Å². The fourth-order valence-corrected chi connectivity index (χ4v) is 2.94. The monoisotopic (exact) mass is 182 g/mol. The van der Waals surface area contributed by atoms with Crippen LogP contribution in [0.1, 0.15) is 27.7 Å². The zero-order valence-corrected chi connectivity index (χ0v) is 8.38. The largest absolute Gasteiger partial charge is 0.392 e. The van der Waals surface area contributed by atoms with E-state index >= 15 is 0 Å². The number of hydrogen-bond donors (Lipinski definition) is 0. The van der Waals surface area contributed by atoms with Crippen LogP contribution in [-0.2, 0) is 14.3 Å². The minimum Gasteiger partial charge on any atom is -0.392 e. The molecule has 1 saturated carbocycles. The first-order valence-corrected chi connectivity index (χ1v) is 4.63. The zero-order valence-electron chi connectivity index (χ0n) is 8.38. The molecule has 1 saturated heterocycles. The quantitative estimate of drug-likeness (QED) is 0.419. The van der Waals surface area contributed by atoms with Gasteiger partial charge >= 0.3 is 11.9 Å². The Morgan fingerprint density at radius 1 is 1.00 bits per heavy atom. The second-order valence-electron chi connectivity index (χ2n) is 4.66. The first-order chi connectivity index (χ1) is 5.86. The Bertz CT molecular complexity index is 279. The summed E-state index contributed by atoms with van der Waals surface area (Å²) < 4.78 is 4.72. The molecule has 0 N–H and O–H groups in total. The van der Waals surface area contributed by atoms with Crippen molar-refractivity contribution in [3.63, 3.8) is 0 Å². The third kappa shape index (κ3) is 0.578. The summed E-state index contributed by atoms with van der Waals surface area (Å²) in [7, 11) is 0. The number of esters is 2. The summed E-state index contributed by atoms with van der Waals surface area (Å²) >= 11 is 0. The van der Waals surface area contributed by atoms with E-state index in [9.17, 15) is 9.59 Å². The van der Waals surface area contributed by atoms with Gasteiger partial charge in [-0.05, 0) is 25.7 Å². The van der Waals surface area contributed by atoms with Gasteiger partial charge in [0.25, 0.3) is 0 Å². The van der Waals surface area contributed by atoms with Crippen molar-refractivity contribution in [2.24, 2.45) is 22.7 Å². The van der Waals surface area contributed by atoms with Crippen LogP contribution in [0.2, 0.25) is 0 Å². The van der Waals surface area contributed by atoms with Crippen molar-refractivity contribution in [2.45, 2.75) is 27.7 Å². The summed E-state index contributed by atoms with van der Waals surface area (Å²) in [6.07, 6.45) is 0. The molecule has 0 aromatic carbocycles. The van der Waals surface area contributed by atoms with Crippen LogP contribution < -0.4 is 0 Å². The molecule has 2 rings (SSSR count). The van der Waals surface area contributed by atoms with E-state index in [0.717, 1.165) is 0 Å². The predicted molar refractivity (Wildman–Crippen MR) is 45.6 cm³/mol. The smallest absolute Gasteiger partial charge is 0.320 e. The molecule has 72 valence electrons. The highest BCUT2D eigenvalue weighted by molar-refractivity contribution is 6.03. The number of hydrogen-bond acceptors (Lipinski definition) is 3. The maximum atomic E-state index is 11.5. The maximum absolute atomic E-state index is 11.5. The molecular weight excluding hydrogens is 168 g/mol. The van der Waals surface area contributed by atoms with Crippen LogP contribution in [0.15, 0.2) is 0 Å². The van der Waals surface area contributed by atoms with Crippen LogP contribution in [0.5, 0.6) is 0 Å². The molecule has 0 aromatic rings. The van der Waals surface area contributed by atoms with Crippen molar-refractivity contribution in [1.82, 2.24) is 0 Å². The Morgan fingerprint density at radius 2 is 1.31 bits per heavy atom.